The van der Waals surface area contributed by atoms with Gasteiger partial charge in [-0.2, -0.15) is 0 Å². The standard InChI is InChI=1S/C12H13NO/c14-10-13-8-3-6-11-4-1-2-5-12(11)7-9-13/h1-2,4-5,7,9-10H,3,6,8H2/b9-7-. The number of carbonyl (C=O) groups excluding carboxylic acids is 1. The van der Waals surface area contributed by atoms with Gasteiger partial charge in [0.15, 0.2) is 0 Å². The van der Waals surface area contributed by atoms with Gasteiger partial charge in [0.1, 0.15) is 0 Å². The second-order valence-electron chi connectivity index (χ2n) is 3.46. The van der Waals surface area contributed by atoms with Crippen molar-refractivity contribution in [3.05, 3.63) is 41.6 Å². The second kappa shape index (κ2) is 4.09. The van der Waals surface area contributed by atoms with Crippen LogP contribution in [0.2, 0.25) is 0 Å². The third kappa shape index (κ3) is 1.84. The summed E-state index contributed by atoms with van der Waals surface area (Å²) in [6, 6.07) is 8.32. The molecule has 1 aliphatic heterocycles. The minimum absolute atomic E-state index is 0.814. The Bertz CT molecular complexity index is 357. The van der Waals surface area contributed by atoms with E-state index in [0.717, 1.165) is 25.8 Å². The molecule has 0 aromatic heterocycles. The highest BCUT2D eigenvalue weighted by atomic mass is 16.1. The van der Waals surface area contributed by atoms with Crippen molar-refractivity contribution in [2.75, 3.05) is 6.54 Å². The zero-order valence-corrected chi connectivity index (χ0v) is 8.02. The maximum atomic E-state index is 10.6. The van der Waals surface area contributed by atoms with Crippen LogP contribution in [0, 0.1) is 0 Å². The summed E-state index contributed by atoms with van der Waals surface area (Å²) in [5, 5.41) is 0. The van der Waals surface area contributed by atoms with Crippen LogP contribution in [0.1, 0.15) is 17.5 Å². The molecule has 2 nitrogen and oxygen atoms in total. The molecule has 0 unspecified atom stereocenters. The lowest BCUT2D eigenvalue weighted by atomic mass is 10.0. The van der Waals surface area contributed by atoms with Gasteiger partial charge in [0.05, 0.1) is 0 Å². The molecule has 0 radical (unpaired) electrons. The van der Waals surface area contributed by atoms with Gasteiger partial charge in [-0.15, -0.1) is 0 Å². The molecule has 1 aliphatic rings. The van der Waals surface area contributed by atoms with Crippen LogP contribution in [-0.4, -0.2) is 17.9 Å². The number of aryl methyl sites for hydroxylation is 1. The molecule has 0 saturated heterocycles. The van der Waals surface area contributed by atoms with Crippen molar-refractivity contribution in [2.24, 2.45) is 0 Å². The molecule has 0 N–H and O–H groups in total. The summed E-state index contributed by atoms with van der Waals surface area (Å²) in [6.07, 6.45) is 6.81. The van der Waals surface area contributed by atoms with E-state index in [4.69, 9.17) is 0 Å². The zero-order chi connectivity index (χ0) is 9.80. The Morgan fingerprint density at radius 1 is 1.29 bits per heavy atom. The fourth-order valence-corrected chi connectivity index (χ4v) is 1.71. The fourth-order valence-electron chi connectivity index (χ4n) is 1.71. The molecule has 0 atom stereocenters. The molecule has 0 aliphatic carbocycles. The van der Waals surface area contributed by atoms with Crippen LogP contribution in [0.4, 0.5) is 0 Å². The Balaban J connectivity index is 2.31. The summed E-state index contributed by atoms with van der Waals surface area (Å²) in [4.78, 5) is 12.3. The highest BCUT2D eigenvalue weighted by Gasteiger charge is 2.04. The van der Waals surface area contributed by atoms with E-state index in [1.807, 2.05) is 18.3 Å². The predicted molar refractivity (Wildman–Crippen MR) is 56.6 cm³/mol. The van der Waals surface area contributed by atoms with E-state index in [1.54, 1.807) is 4.90 Å². The lowest BCUT2D eigenvalue weighted by Gasteiger charge is -2.16. The molecule has 1 aromatic rings. The van der Waals surface area contributed by atoms with Crippen molar-refractivity contribution in [2.45, 2.75) is 12.8 Å². The Morgan fingerprint density at radius 2 is 2.14 bits per heavy atom. The molecule has 0 saturated carbocycles. The van der Waals surface area contributed by atoms with Crippen LogP contribution in [-0.2, 0) is 11.2 Å². The number of hydrogen-bond acceptors (Lipinski definition) is 1. The monoisotopic (exact) mass is 187 g/mol. The van der Waals surface area contributed by atoms with Crippen LogP contribution >= 0.6 is 0 Å². The maximum absolute atomic E-state index is 10.6. The van der Waals surface area contributed by atoms with E-state index < -0.39 is 0 Å². The number of benzene rings is 1. The Labute approximate surface area is 83.8 Å². The van der Waals surface area contributed by atoms with E-state index in [9.17, 15) is 4.79 Å². The van der Waals surface area contributed by atoms with Gasteiger partial charge >= 0.3 is 0 Å². The highest BCUT2D eigenvalue weighted by Crippen LogP contribution is 2.15. The van der Waals surface area contributed by atoms with E-state index in [1.165, 1.54) is 11.1 Å². The maximum Gasteiger partial charge on any atom is 0.213 e. The zero-order valence-electron chi connectivity index (χ0n) is 8.02. The van der Waals surface area contributed by atoms with Crippen molar-refractivity contribution < 1.29 is 4.79 Å². The van der Waals surface area contributed by atoms with E-state index in [0.29, 0.717) is 0 Å². The smallest absolute Gasteiger partial charge is 0.213 e. The summed E-state index contributed by atoms with van der Waals surface area (Å²) in [5.74, 6) is 0. The summed E-state index contributed by atoms with van der Waals surface area (Å²) in [5.41, 5.74) is 2.59. The first kappa shape index (κ1) is 9.00. The van der Waals surface area contributed by atoms with E-state index in [-0.39, 0.29) is 0 Å². The van der Waals surface area contributed by atoms with E-state index in [2.05, 4.69) is 18.2 Å². The number of rotatable bonds is 1. The predicted octanol–water partition coefficient (Wildman–Crippen LogP) is 2.06. The second-order valence-corrected chi connectivity index (χ2v) is 3.46. The lowest BCUT2D eigenvalue weighted by Crippen LogP contribution is -2.18. The average Bonchev–Trinajstić information content (AvgIpc) is 2.19. The quantitative estimate of drug-likeness (QED) is 0.616. The van der Waals surface area contributed by atoms with E-state index >= 15 is 0 Å². The van der Waals surface area contributed by atoms with Crippen LogP contribution in [0.3, 0.4) is 0 Å². The molecule has 72 valence electrons. The molecule has 1 aromatic carbocycles. The van der Waals surface area contributed by atoms with Crippen molar-refractivity contribution >= 4 is 12.5 Å². The van der Waals surface area contributed by atoms with Crippen molar-refractivity contribution in [1.82, 2.24) is 4.90 Å². The van der Waals surface area contributed by atoms with Crippen molar-refractivity contribution in [1.29, 1.82) is 0 Å². The van der Waals surface area contributed by atoms with Gasteiger partial charge in [-0.05, 0) is 30.0 Å². The molecule has 1 heterocycles. The Morgan fingerprint density at radius 3 is 3.00 bits per heavy atom. The molecule has 0 spiro atoms. The Hall–Kier alpha value is -1.57. The number of carbonyl (C=O) groups is 1. The number of hydrogen-bond donors (Lipinski definition) is 0. The van der Waals surface area contributed by atoms with Crippen LogP contribution in [0.5, 0.6) is 0 Å². The molecular weight excluding hydrogens is 174 g/mol. The van der Waals surface area contributed by atoms with Crippen LogP contribution < -0.4 is 0 Å². The number of nitrogens with zero attached hydrogens (tertiary/aromatic N) is 1. The first-order valence-corrected chi connectivity index (χ1v) is 4.87. The van der Waals surface area contributed by atoms with Gasteiger partial charge in [0.25, 0.3) is 0 Å². The third-order valence-corrected chi connectivity index (χ3v) is 2.50. The largest absolute Gasteiger partial charge is 0.322 e. The lowest BCUT2D eigenvalue weighted by molar-refractivity contribution is -0.115. The first-order valence-electron chi connectivity index (χ1n) is 4.87. The molecule has 0 bridgehead atoms. The topological polar surface area (TPSA) is 20.3 Å². The van der Waals surface area contributed by atoms with Crippen molar-refractivity contribution in [3.8, 4) is 0 Å². The van der Waals surface area contributed by atoms with Gasteiger partial charge in [0, 0.05) is 12.7 Å². The van der Waals surface area contributed by atoms with Gasteiger partial charge in [0.2, 0.25) is 6.41 Å². The normalized spacial score (nSPS) is 17.9. The summed E-state index contributed by atoms with van der Waals surface area (Å²) < 4.78 is 0. The fraction of sp³-hybridized carbons (Fsp3) is 0.250. The molecular formula is C12H13NO. The van der Waals surface area contributed by atoms with Crippen LogP contribution in [0.25, 0.3) is 6.08 Å². The van der Waals surface area contributed by atoms with Gasteiger partial charge in [-0.1, -0.05) is 24.3 Å². The van der Waals surface area contributed by atoms with Gasteiger partial charge in [-0.3, -0.25) is 4.79 Å². The molecule has 2 rings (SSSR count). The summed E-state index contributed by atoms with van der Waals surface area (Å²) >= 11 is 0. The van der Waals surface area contributed by atoms with Crippen LogP contribution in [0.15, 0.2) is 30.5 Å². The number of amides is 1. The Kier molecular flexibility index (Phi) is 2.63. The molecule has 1 amide bonds. The molecule has 0 fully saturated rings. The summed E-state index contributed by atoms with van der Waals surface area (Å²) in [7, 11) is 0. The van der Waals surface area contributed by atoms with Crippen molar-refractivity contribution in [3.63, 3.8) is 0 Å². The SMILES string of the molecule is O=CN1/C=C\c2ccccc2CCC1. The summed E-state index contributed by atoms with van der Waals surface area (Å²) in [6.45, 7) is 0.814. The third-order valence-electron chi connectivity index (χ3n) is 2.50. The number of fused-ring (bicyclic) bond motifs is 1. The van der Waals surface area contributed by atoms with Gasteiger partial charge < -0.3 is 4.90 Å². The minimum Gasteiger partial charge on any atom is -0.322 e. The minimum atomic E-state index is 0.814. The van der Waals surface area contributed by atoms with Gasteiger partial charge in [-0.25, -0.2) is 0 Å². The average molecular weight is 187 g/mol. The first-order chi connectivity index (χ1) is 6.90. The molecule has 14 heavy (non-hydrogen) atoms. The highest BCUT2D eigenvalue weighted by molar-refractivity contribution is 5.58. The molecule has 2 heteroatoms.